The van der Waals surface area contributed by atoms with Crippen LogP contribution in [0.25, 0.3) is 0 Å². The van der Waals surface area contributed by atoms with Gasteiger partial charge in [-0.05, 0) is 30.3 Å². The highest BCUT2D eigenvalue weighted by Gasteiger charge is 2.31. The first-order chi connectivity index (χ1) is 12.8. The van der Waals surface area contributed by atoms with Crippen LogP contribution in [0.5, 0.6) is 0 Å². The first-order valence-corrected chi connectivity index (χ1v) is 9.09. The molecule has 1 aliphatic heterocycles. The molecule has 27 heavy (non-hydrogen) atoms. The van der Waals surface area contributed by atoms with Crippen molar-refractivity contribution in [3.05, 3.63) is 52.3 Å². The van der Waals surface area contributed by atoms with Crippen molar-refractivity contribution in [2.45, 2.75) is 17.4 Å². The van der Waals surface area contributed by atoms with Crippen LogP contribution >= 0.6 is 0 Å². The van der Waals surface area contributed by atoms with E-state index >= 15 is 0 Å². The van der Waals surface area contributed by atoms with E-state index < -0.39 is 38.7 Å². The van der Waals surface area contributed by atoms with Crippen molar-refractivity contribution in [3.8, 4) is 0 Å². The molecule has 1 aromatic heterocycles. The minimum absolute atomic E-state index is 0.103. The summed E-state index contributed by atoms with van der Waals surface area (Å²) >= 11 is 0. The smallest absolute Gasteiger partial charge is 0.433 e. The van der Waals surface area contributed by atoms with Gasteiger partial charge in [0, 0.05) is 12.1 Å². The number of carbonyl (C=O) groups excluding carboxylic acids is 2. The van der Waals surface area contributed by atoms with Crippen molar-refractivity contribution >= 4 is 33.5 Å². The molecule has 2 aromatic rings. The van der Waals surface area contributed by atoms with E-state index in [0.29, 0.717) is 0 Å². The summed E-state index contributed by atoms with van der Waals surface area (Å²) in [5, 5.41) is 13.0. The van der Waals surface area contributed by atoms with Crippen LogP contribution in [0.4, 0.5) is 11.6 Å². The monoisotopic (exact) mass is 395 g/mol. The summed E-state index contributed by atoms with van der Waals surface area (Å²) in [6, 6.07) is 6.41. The Labute approximate surface area is 152 Å². The molecule has 11 nitrogen and oxygen atoms in total. The number of nitrogens with zero attached hydrogens (tertiary/aromatic N) is 1. The summed E-state index contributed by atoms with van der Waals surface area (Å²) in [5.74, 6) is -2.20. The van der Waals surface area contributed by atoms with Gasteiger partial charge in [0.25, 0.3) is 5.91 Å². The number of sulfonamides is 1. The summed E-state index contributed by atoms with van der Waals surface area (Å²) in [6.07, 6.45) is 0.251. The van der Waals surface area contributed by atoms with Gasteiger partial charge in [0.15, 0.2) is 5.76 Å². The normalized spacial score (nSPS) is 16.7. The predicted octanol–water partition coefficient (Wildman–Crippen LogP) is 1.03. The highest BCUT2D eigenvalue weighted by atomic mass is 32.2. The molecule has 0 radical (unpaired) electrons. The lowest BCUT2D eigenvalue weighted by atomic mass is 10.3. The van der Waals surface area contributed by atoms with Crippen molar-refractivity contribution in [1.82, 2.24) is 4.72 Å². The molecule has 0 bridgehead atoms. The first-order valence-electron chi connectivity index (χ1n) is 7.61. The average molecular weight is 395 g/mol. The molecule has 2 heterocycles. The lowest BCUT2D eigenvalue weighted by molar-refractivity contribution is -0.402. The van der Waals surface area contributed by atoms with E-state index in [9.17, 15) is 28.1 Å². The number of ether oxygens (including phenoxy) is 1. The summed E-state index contributed by atoms with van der Waals surface area (Å²) < 4.78 is 36.3. The van der Waals surface area contributed by atoms with E-state index in [-0.39, 0.29) is 29.4 Å². The molecule has 0 saturated carbocycles. The fourth-order valence-electron chi connectivity index (χ4n) is 2.32. The number of anilines is 1. The van der Waals surface area contributed by atoms with E-state index in [4.69, 9.17) is 9.15 Å². The Morgan fingerprint density at radius 2 is 1.89 bits per heavy atom. The third-order valence-electron chi connectivity index (χ3n) is 3.65. The second kappa shape index (κ2) is 7.17. The zero-order chi connectivity index (χ0) is 19.6. The second-order valence-corrected chi connectivity index (χ2v) is 7.22. The molecule has 2 N–H and O–H groups in total. The van der Waals surface area contributed by atoms with Gasteiger partial charge in [-0.1, -0.05) is 0 Å². The zero-order valence-corrected chi connectivity index (χ0v) is 14.4. The third-order valence-corrected chi connectivity index (χ3v) is 5.14. The molecule has 1 amide bonds. The molecule has 0 aliphatic carbocycles. The number of furan rings is 1. The van der Waals surface area contributed by atoms with E-state index in [0.717, 1.165) is 12.1 Å². The molecule has 1 aliphatic rings. The van der Waals surface area contributed by atoms with Gasteiger partial charge in [-0.2, -0.15) is 4.72 Å². The fourth-order valence-corrected chi connectivity index (χ4v) is 3.54. The molecule has 3 rings (SSSR count). The molecule has 1 atom stereocenters. The van der Waals surface area contributed by atoms with Crippen LogP contribution in [-0.2, 0) is 19.6 Å². The van der Waals surface area contributed by atoms with E-state index in [1.165, 1.54) is 24.3 Å². The summed E-state index contributed by atoms with van der Waals surface area (Å²) in [7, 11) is -3.94. The maximum absolute atomic E-state index is 12.3. The first kappa shape index (κ1) is 18.5. The standard InChI is InChI=1S/C15H13N3O8S/c19-14(12-5-6-13(26-12)18(21)22)16-9-1-3-10(4-2-9)27(23,24)17-11-7-8-25-15(11)20/h1-6,11,17H,7-8H2,(H,16,19)/t11-/m0/s1. The van der Waals surface area contributed by atoms with Crippen molar-refractivity contribution in [1.29, 1.82) is 0 Å². The number of hydrogen-bond acceptors (Lipinski definition) is 8. The number of benzene rings is 1. The summed E-state index contributed by atoms with van der Waals surface area (Å²) in [4.78, 5) is 33.1. The lowest BCUT2D eigenvalue weighted by Gasteiger charge is -2.10. The summed E-state index contributed by atoms with van der Waals surface area (Å²) in [5.41, 5.74) is 0.248. The zero-order valence-electron chi connectivity index (χ0n) is 13.6. The molecule has 142 valence electrons. The van der Waals surface area contributed by atoms with Gasteiger partial charge in [-0.25, -0.2) is 8.42 Å². The molecule has 1 saturated heterocycles. The van der Waals surface area contributed by atoms with Gasteiger partial charge >= 0.3 is 11.9 Å². The largest absolute Gasteiger partial charge is 0.464 e. The van der Waals surface area contributed by atoms with Gasteiger partial charge < -0.3 is 14.5 Å². The maximum atomic E-state index is 12.3. The van der Waals surface area contributed by atoms with Gasteiger partial charge in [-0.15, -0.1) is 0 Å². The van der Waals surface area contributed by atoms with Crippen molar-refractivity contribution in [2.24, 2.45) is 0 Å². The summed E-state index contributed by atoms with van der Waals surface area (Å²) in [6.45, 7) is 0.155. The predicted molar refractivity (Wildman–Crippen MR) is 89.4 cm³/mol. The van der Waals surface area contributed by atoms with Crippen LogP contribution in [0.1, 0.15) is 17.0 Å². The molecular formula is C15H13N3O8S. The number of nitrogens with one attached hydrogen (secondary N) is 2. The second-order valence-electron chi connectivity index (χ2n) is 5.50. The minimum Gasteiger partial charge on any atom is -0.464 e. The maximum Gasteiger partial charge on any atom is 0.433 e. The number of carbonyl (C=O) groups is 2. The van der Waals surface area contributed by atoms with Crippen LogP contribution in [0, 0.1) is 10.1 Å². The highest BCUT2D eigenvalue weighted by Crippen LogP contribution is 2.19. The SMILES string of the molecule is O=C(Nc1ccc(S(=O)(=O)N[C@H]2CCOC2=O)cc1)c1ccc([N+](=O)[O-])o1. The van der Waals surface area contributed by atoms with Crippen molar-refractivity contribution in [3.63, 3.8) is 0 Å². The molecule has 1 fully saturated rings. The number of cyclic esters (lactones) is 1. The van der Waals surface area contributed by atoms with E-state index in [1.807, 2.05) is 0 Å². The van der Waals surface area contributed by atoms with Crippen LogP contribution in [0.3, 0.4) is 0 Å². The van der Waals surface area contributed by atoms with Crippen LogP contribution < -0.4 is 10.0 Å². The van der Waals surface area contributed by atoms with Gasteiger partial charge in [0.05, 0.1) is 17.6 Å². The van der Waals surface area contributed by atoms with Crippen molar-refractivity contribution < 1.29 is 32.1 Å². The number of amides is 1. The lowest BCUT2D eigenvalue weighted by Crippen LogP contribution is -2.37. The van der Waals surface area contributed by atoms with Crippen LogP contribution in [-0.4, -0.2) is 37.9 Å². The van der Waals surface area contributed by atoms with E-state index in [2.05, 4.69) is 10.0 Å². The Balaban J connectivity index is 1.68. The topological polar surface area (TPSA) is 158 Å². The fraction of sp³-hybridized carbons (Fsp3) is 0.200. The van der Waals surface area contributed by atoms with Crippen LogP contribution in [0.2, 0.25) is 0 Å². The molecule has 0 unspecified atom stereocenters. The average Bonchev–Trinajstić information content (AvgIpc) is 3.25. The third kappa shape index (κ3) is 4.12. The number of nitro groups is 1. The van der Waals surface area contributed by atoms with Crippen molar-refractivity contribution in [2.75, 3.05) is 11.9 Å². The van der Waals surface area contributed by atoms with Gasteiger partial charge in [-0.3, -0.25) is 19.7 Å². The molecule has 1 aromatic carbocycles. The molecular weight excluding hydrogens is 382 g/mol. The number of hydrogen-bond donors (Lipinski definition) is 2. The molecule has 0 spiro atoms. The molecule has 12 heteroatoms. The van der Waals surface area contributed by atoms with E-state index in [1.54, 1.807) is 0 Å². The Bertz CT molecular complexity index is 996. The Morgan fingerprint density at radius 3 is 2.44 bits per heavy atom. The van der Waals surface area contributed by atoms with Gasteiger partial charge in [0.1, 0.15) is 11.0 Å². The minimum atomic E-state index is -3.94. The Hall–Kier alpha value is -3.25. The Kier molecular flexibility index (Phi) is 4.92. The number of rotatable bonds is 6. The van der Waals surface area contributed by atoms with Crippen LogP contribution in [0.15, 0.2) is 45.7 Å². The Morgan fingerprint density at radius 1 is 1.19 bits per heavy atom. The number of esters is 1. The highest BCUT2D eigenvalue weighted by molar-refractivity contribution is 7.89. The quantitative estimate of drug-likeness (QED) is 0.417. The van der Waals surface area contributed by atoms with Gasteiger partial charge in [0.2, 0.25) is 10.0 Å².